The minimum atomic E-state index is -0.980. The Hall–Kier alpha value is -0.440. The Bertz CT molecular complexity index is 195. The van der Waals surface area contributed by atoms with Crippen LogP contribution < -0.4 is 5.32 Å². The van der Waals surface area contributed by atoms with Crippen molar-refractivity contribution in [1.29, 1.82) is 0 Å². The highest BCUT2D eigenvalue weighted by atomic mass is 127. The molecular formula is C8H12INO2. The van der Waals surface area contributed by atoms with Gasteiger partial charge < -0.3 is 10.4 Å². The van der Waals surface area contributed by atoms with Gasteiger partial charge in [0.1, 0.15) is 0 Å². The molecule has 0 aliphatic carbocycles. The molecule has 0 spiro atoms. The lowest BCUT2D eigenvalue weighted by atomic mass is 10.1. The van der Waals surface area contributed by atoms with E-state index >= 15 is 0 Å². The van der Waals surface area contributed by atoms with Gasteiger partial charge in [0, 0.05) is 16.9 Å². The van der Waals surface area contributed by atoms with Crippen LogP contribution >= 0.6 is 22.6 Å². The van der Waals surface area contributed by atoms with Crippen molar-refractivity contribution in [3.63, 3.8) is 0 Å². The molecule has 0 aromatic heterocycles. The van der Waals surface area contributed by atoms with Crippen molar-refractivity contribution in [1.82, 2.24) is 5.32 Å². The van der Waals surface area contributed by atoms with Crippen molar-refractivity contribution in [3.8, 4) is 11.8 Å². The molecule has 3 nitrogen and oxygen atoms in total. The molecule has 1 atom stereocenters. The first kappa shape index (κ1) is 11.6. The molecule has 2 N–H and O–H groups in total. The molecule has 1 amide bonds. The fourth-order valence-corrected chi connectivity index (χ4v) is 1.52. The summed E-state index contributed by atoms with van der Waals surface area (Å²) in [6.45, 7) is 2.19. The lowest BCUT2D eigenvalue weighted by Gasteiger charge is -2.07. The molecule has 0 aromatic carbocycles. The lowest BCUT2D eigenvalue weighted by molar-refractivity contribution is 0.193. The van der Waals surface area contributed by atoms with Crippen LogP contribution in [0.3, 0.4) is 0 Å². The van der Waals surface area contributed by atoms with Crippen LogP contribution in [0.2, 0.25) is 0 Å². The normalized spacial score (nSPS) is 11.2. The summed E-state index contributed by atoms with van der Waals surface area (Å²) in [4.78, 5) is 10.2. The molecule has 0 heterocycles. The third kappa shape index (κ3) is 6.28. The Morgan fingerprint density at radius 2 is 2.42 bits per heavy atom. The third-order valence-electron chi connectivity index (χ3n) is 1.31. The largest absolute Gasteiger partial charge is 0.465 e. The molecule has 0 aromatic rings. The van der Waals surface area contributed by atoms with Gasteiger partial charge in [-0.25, -0.2) is 4.79 Å². The van der Waals surface area contributed by atoms with E-state index in [1.165, 1.54) is 0 Å². The molecule has 0 radical (unpaired) electrons. The predicted octanol–water partition coefficient (Wildman–Crippen LogP) is 1.72. The molecule has 0 bridgehead atoms. The van der Waals surface area contributed by atoms with Gasteiger partial charge in [0.15, 0.2) is 0 Å². The van der Waals surface area contributed by atoms with E-state index < -0.39 is 6.09 Å². The van der Waals surface area contributed by atoms with E-state index in [0.717, 1.165) is 10.8 Å². The number of amides is 1. The van der Waals surface area contributed by atoms with Crippen molar-refractivity contribution >= 4 is 28.7 Å². The summed E-state index contributed by atoms with van der Waals surface area (Å²) in [5.41, 5.74) is 0. The molecule has 0 aliphatic rings. The molecule has 0 saturated heterocycles. The van der Waals surface area contributed by atoms with Gasteiger partial charge in [0.2, 0.25) is 0 Å². The Morgan fingerprint density at radius 3 is 2.83 bits per heavy atom. The topological polar surface area (TPSA) is 49.3 Å². The molecule has 12 heavy (non-hydrogen) atoms. The van der Waals surface area contributed by atoms with Gasteiger partial charge in [-0.2, -0.15) is 0 Å². The molecule has 0 aliphatic heterocycles. The minimum Gasteiger partial charge on any atom is -0.465 e. The Morgan fingerprint density at radius 1 is 1.75 bits per heavy atom. The number of carboxylic acid groups (broad SMARTS) is 1. The molecule has 0 rings (SSSR count). The third-order valence-corrected chi connectivity index (χ3v) is 1.93. The van der Waals surface area contributed by atoms with E-state index in [2.05, 4.69) is 39.7 Å². The number of hydrogen-bond acceptors (Lipinski definition) is 1. The average molecular weight is 281 g/mol. The summed E-state index contributed by atoms with van der Waals surface area (Å²) < 4.78 is 0.998. The first-order chi connectivity index (χ1) is 5.70. The molecule has 0 fully saturated rings. The number of alkyl halides is 1. The highest BCUT2D eigenvalue weighted by Gasteiger charge is 2.04. The zero-order valence-corrected chi connectivity index (χ0v) is 9.09. The van der Waals surface area contributed by atoms with Crippen molar-refractivity contribution in [2.75, 3.05) is 11.0 Å². The first-order valence-electron chi connectivity index (χ1n) is 3.65. The quantitative estimate of drug-likeness (QED) is 0.468. The Labute approximate surface area is 86.1 Å². The maximum Gasteiger partial charge on any atom is 0.404 e. The zero-order chi connectivity index (χ0) is 9.40. The number of hydrogen-bond donors (Lipinski definition) is 2. The molecule has 4 heteroatoms. The van der Waals surface area contributed by atoms with Crippen molar-refractivity contribution in [2.24, 2.45) is 5.92 Å². The number of rotatable bonds is 4. The first-order valence-corrected chi connectivity index (χ1v) is 5.18. The fraction of sp³-hybridized carbons (Fsp3) is 0.625. The van der Waals surface area contributed by atoms with E-state index in [4.69, 9.17) is 5.11 Å². The molecular weight excluding hydrogens is 269 g/mol. The van der Waals surface area contributed by atoms with Gasteiger partial charge in [-0.3, -0.25) is 0 Å². The highest BCUT2D eigenvalue weighted by Crippen LogP contribution is 2.02. The van der Waals surface area contributed by atoms with E-state index in [0.29, 0.717) is 6.54 Å². The standard InChI is InChI=1S/C8H12INO2/c1-2-3-7(4-5-9)6-10-8(11)12/h7,10H,4-6H2,1H3,(H,11,12). The average Bonchev–Trinajstić information content (AvgIpc) is 2.01. The second-order valence-corrected chi connectivity index (χ2v) is 3.33. The van der Waals surface area contributed by atoms with Gasteiger partial charge in [-0.1, -0.05) is 28.5 Å². The van der Waals surface area contributed by atoms with Gasteiger partial charge in [0.05, 0.1) is 0 Å². The monoisotopic (exact) mass is 281 g/mol. The van der Waals surface area contributed by atoms with Gasteiger partial charge in [0.25, 0.3) is 0 Å². The van der Waals surface area contributed by atoms with Crippen molar-refractivity contribution < 1.29 is 9.90 Å². The maximum atomic E-state index is 10.2. The van der Waals surface area contributed by atoms with Crippen molar-refractivity contribution in [2.45, 2.75) is 13.3 Å². The number of nitrogens with one attached hydrogen (secondary N) is 1. The van der Waals surface area contributed by atoms with E-state index in [1.807, 2.05) is 0 Å². The second-order valence-electron chi connectivity index (χ2n) is 2.25. The van der Waals surface area contributed by atoms with Crippen LogP contribution in [0.15, 0.2) is 0 Å². The van der Waals surface area contributed by atoms with Crippen LogP contribution in [0.25, 0.3) is 0 Å². The van der Waals surface area contributed by atoms with E-state index in [-0.39, 0.29) is 5.92 Å². The summed E-state index contributed by atoms with van der Waals surface area (Å²) >= 11 is 2.26. The summed E-state index contributed by atoms with van der Waals surface area (Å²) in [6.07, 6.45) is -0.0480. The minimum absolute atomic E-state index is 0.156. The lowest BCUT2D eigenvalue weighted by Crippen LogP contribution is -2.27. The van der Waals surface area contributed by atoms with Crippen LogP contribution in [0.4, 0.5) is 4.79 Å². The zero-order valence-electron chi connectivity index (χ0n) is 6.93. The SMILES string of the molecule is CC#CC(CCI)CNC(=O)O. The fourth-order valence-electron chi connectivity index (χ4n) is 0.772. The Kier molecular flexibility index (Phi) is 6.96. The van der Waals surface area contributed by atoms with Gasteiger partial charge in [-0.05, 0) is 13.3 Å². The maximum absolute atomic E-state index is 10.2. The van der Waals surface area contributed by atoms with Crippen LogP contribution in [-0.2, 0) is 0 Å². The van der Waals surface area contributed by atoms with Crippen molar-refractivity contribution in [3.05, 3.63) is 0 Å². The van der Waals surface area contributed by atoms with Crippen LogP contribution in [0, 0.1) is 17.8 Å². The summed E-state index contributed by atoms with van der Waals surface area (Å²) in [7, 11) is 0. The van der Waals surface area contributed by atoms with E-state index in [1.54, 1.807) is 6.92 Å². The van der Waals surface area contributed by atoms with Crippen LogP contribution in [-0.4, -0.2) is 22.2 Å². The summed E-state index contributed by atoms with van der Waals surface area (Å²) in [5.74, 6) is 5.90. The van der Waals surface area contributed by atoms with E-state index in [9.17, 15) is 4.79 Å². The highest BCUT2D eigenvalue weighted by molar-refractivity contribution is 14.1. The smallest absolute Gasteiger partial charge is 0.404 e. The molecule has 0 saturated carbocycles. The second kappa shape index (κ2) is 7.22. The van der Waals surface area contributed by atoms with Gasteiger partial charge >= 0.3 is 6.09 Å². The summed E-state index contributed by atoms with van der Waals surface area (Å²) in [6, 6.07) is 0. The summed E-state index contributed by atoms with van der Waals surface area (Å²) in [5, 5.41) is 10.7. The van der Waals surface area contributed by atoms with Crippen LogP contribution in [0.1, 0.15) is 13.3 Å². The Balaban J connectivity index is 3.75. The molecule has 1 unspecified atom stereocenters. The number of halogens is 1. The number of carbonyl (C=O) groups is 1. The van der Waals surface area contributed by atoms with Gasteiger partial charge in [-0.15, -0.1) is 5.92 Å². The molecule has 68 valence electrons. The van der Waals surface area contributed by atoms with Crippen LogP contribution in [0.5, 0.6) is 0 Å². The predicted molar refractivity (Wildman–Crippen MR) is 56.5 cm³/mol.